The topological polar surface area (TPSA) is 9.23 Å². The molecule has 0 aliphatic carbocycles. The fourth-order valence-electron chi connectivity index (χ4n) is 2.39. The van der Waals surface area contributed by atoms with Crippen molar-refractivity contribution in [2.75, 3.05) is 6.61 Å². The molecule has 0 aromatic heterocycles. The van der Waals surface area contributed by atoms with Crippen molar-refractivity contribution < 1.29 is 4.74 Å². The molecular weight excluding hydrogens is 300 g/mol. The molecule has 0 spiro atoms. The molecule has 0 saturated carbocycles. The van der Waals surface area contributed by atoms with E-state index in [9.17, 15) is 0 Å². The van der Waals surface area contributed by atoms with Crippen LogP contribution in [0.1, 0.15) is 23.7 Å². The van der Waals surface area contributed by atoms with Gasteiger partial charge in [-0.25, -0.2) is 0 Å². The lowest BCUT2D eigenvalue weighted by Crippen LogP contribution is -2.10. The number of hydrogen-bond acceptors (Lipinski definition) is 1. The fourth-order valence-corrected chi connectivity index (χ4v) is 2.65. The summed E-state index contributed by atoms with van der Waals surface area (Å²) in [4.78, 5) is 0. The van der Waals surface area contributed by atoms with Crippen LogP contribution < -0.4 is 0 Å². The normalized spacial score (nSPS) is 19.0. The van der Waals surface area contributed by atoms with Crippen molar-refractivity contribution in [2.24, 2.45) is 0 Å². The van der Waals surface area contributed by atoms with Crippen LogP contribution in [0, 0.1) is 0 Å². The van der Waals surface area contributed by atoms with Crippen LogP contribution in [0.25, 0.3) is 5.57 Å². The van der Waals surface area contributed by atoms with Crippen molar-refractivity contribution in [3.05, 3.63) is 76.3 Å². The standard InChI is InChI=1S/C17H15BrO/c18-16-8-6-14(7-9-16)17-12-15(10-11-19-17)13-4-2-1-3-5-13/h1-10,17H,11-12H2/t17-/m1/s1. The Hall–Kier alpha value is -1.38. The zero-order valence-corrected chi connectivity index (χ0v) is 12.1. The lowest BCUT2D eigenvalue weighted by Gasteiger charge is -2.24. The second-order valence-corrected chi connectivity index (χ2v) is 5.59. The molecule has 1 aliphatic rings. The van der Waals surface area contributed by atoms with E-state index < -0.39 is 0 Å². The third kappa shape index (κ3) is 2.96. The second kappa shape index (κ2) is 5.72. The van der Waals surface area contributed by atoms with Crippen LogP contribution in [0.15, 0.2) is 65.1 Å². The number of hydrogen-bond donors (Lipinski definition) is 0. The van der Waals surface area contributed by atoms with Gasteiger partial charge in [0.1, 0.15) is 0 Å². The first-order chi connectivity index (χ1) is 9.33. The molecule has 19 heavy (non-hydrogen) atoms. The molecule has 0 bridgehead atoms. The third-order valence-electron chi connectivity index (χ3n) is 3.42. The van der Waals surface area contributed by atoms with Gasteiger partial charge in [-0.1, -0.05) is 64.5 Å². The zero-order valence-electron chi connectivity index (χ0n) is 10.6. The van der Waals surface area contributed by atoms with Gasteiger partial charge in [0.15, 0.2) is 0 Å². The SMILES string of the molecule is Brc1ccc([C@H]2CC(c3ccccc3)=CCO2)cc1. The Balaban J connectivity index is 1.81. The van der Waals surface area contributed by atoms with E-state index in [0.29, 0.717) is 6.61 Å². The minimum Gasteiger partial charge on any atom is -0.369 e. The summed E-state index contributed by atoms with van der Waals surface area (Å²) in [6.45, 7) is 0.685. The maximum Gasteiger partial charge on any atom is 0.0869 e. The zero-order chi connectivity index (χ0) is 13.1. The quantitative estimate of drug-likeness (QED) is 0.758. The molecule has 0 amide bonds. The Morgan fingerprint density at radius 3 is 2.42 bits per heavy atom. The molecule has 1 nitrogen and oxygen atoms in total. The van der Waals surface area contributed by atoms with Gasteiger partial charge in [0.05, 0.1) is 12.7 Å². The van der Waals surface area contributed by atoms with Gasteiger partial charge in [-0.15, -0.1) is 0 Å². The van der Waals surface area contributed by atoms with Crippen molar-refractivity contribution in [3.8, 4) is 0 Å². The Bertz CT molecular complexity index is 572. The van der Waals surface area contributed by atoms with E-state index >= 15 is 0 Å². The highest BCUT2D eigenvalue weighted by Crippen LogP contribution is 2.33. The molecule has 0 unspecified atom stereocenters. The van der Waals surface area contributed by atoms with Crippen molar-refractivity contribution >= 4 is 21.5 Å². The van der Waals surface area contributed by atoms with Crippen molar-refractivity contribution in [2.45, 2.75) is 12.5 Å². The van der Waals surface area contributed by atoms with Crippen LogP contribution in [0.3, 0.4) is 0 Å². The van der Waals surface area contributed by atoms with Crippen LogP contribution in [0.5, 0.6) is 0 Å². The summed E-state index contributed by atoms with van der Waals surface area (Å²) in [5.41, 5.74) is 3.91. The molecule has 2 aromatic carbocycles. The predicted molar refractivity (Wildman–Crippen MR) is 81.9 cm³/mol. The molecule has 96 valence electrons. The number of ether oxygens (including phenoxy) is 1. The van der Waals surface area contributed by atoms with Gasteiger partial charge in [0.25, 0.3) is 0 Å². The van der Waals surface area contributed by atoms with E-state index in [0.717, 1.165) is 10.9 Å². The van der Waals surface area contributed by atoms with E-state index in [-0.39, 0.29) is 6.10 Å². The molecule has 1 atom stereocenters. The molecule has 2 aromatic rings. The van der Waals surface area contributed by atoms with Crippen molar-refractivity contribution in [1.82, 2.24) is 0 Å². The van der Waals surface area contributed by atoms with E-state index in [1.807, 2.05) is 0 Å². The van der Waals surface area contributed by atoms with E-state index in [1.54, 1.807) is 0 Å². The highest BCUT2D eigenvalue weighted by molar-refractivity contribution is 9.10. The summed E-state index contributed by atoms with van der Waals surface area (Å²) in [6.07, 6.45) is 3.28. The first-order valence-electron chi connectivity index (χ1n) is 6.44. The van der Waals surface area contributed by atoms with Crippen molar-refractivity contribution in [1.29, 1.82) is 0 Å². The Kier molecular flexibility index (Phi) is 3.81. The Morgan fingerprint density at radius 2 is 1.68 bits per heavy atom. The summed E-state index contributed by atoms with van der Waals surface area (Å²) in [5.74, 6) is 0. The van der Waals surface area contributed by atoms with Gasteiger partial charge in [-0.05, 0) is 28.8 Å². The highest BCUT2D eigenvalue weighted by atomic mass is 79.9. The maximum atomic E-state index is 5.86. The van der Waals surface area contributed by atoms with Gasteiger partial charge < -0.3 is 4.74 Å². The number of halogens is 1. The maximum absolute atomic E-state index is 5.86. The van der Waals surface area contributed by atoms with Gasteiger partial charge in [0.2, 0.25) is 0 Å². The third-order valence-corrected chi connectivity index (χ3v) is 3.95. The molecule has 0 saturated heterocycles. The average molecular weight is 315 g/mol. The van der Waals surface area contributed by atoms with Gasteiger partial charge in [0, 0.05) is 10.9 Å². The van der Waals surface area contributed by atoms with E-state index in [2.05, 4.69) is 76.6 Å². The summed E-state index contributed by atoms with van der Waals surface area (Å²) in [6, 6.07) is 18.9. The van der Waals surface area contributed by atoms with Gasteiger partial charge >= 0.3 is 0 Å². The largest absolute Gasteiger partial charge is 0.369 e. The van der Waals surface area contributed by atoms with Crippen LogP contribution in [0.4, 0.5) is 0 Å². The summed E-state index contributed by atoms with van der Waals surface area (Å²) in [7, 11) is 0. The Morgan fingerprint density at radius 1 is 0.947 bits per heavy atom. The number of rotatable bonds is 2. The van der Waals surface area contributed by atoms with E-state index in [1.165, 1.54) is 16.7 Å². The molecule has 1 heterocycles. The summed E-state index contributed by atoms with van der Waals surface area (Å²) in [5, 5.41) is 0. The predicted octanol–water partition coefficient (Wildman–Crippen LogP) is 4.99. The second-order valence-electron chi connectivity index (χ2n) is 4.67. The van der Waals surface area contributed by atoms with Crippen LogP contribution in [-0.4, -0.2) is 6.61 Å². The van der Waals surface area contributed by atoms with Crippen molar-refractivity contribution in [3.63, 3.8) is 0 Å². The lowest BCUT2D eigenvalue weighted by molar-refractivity contribution is 0.0708. The van der Waals surface area contributed by atoms with Gasteiger partial charge in [-0.3, -0.25) is 0 Å². The molecule has 0 N–H and O–H groups in total. The summed E-state index contributed by atoms with van der Waals surface area (Å²) < 4.78 is 6.97. The van der Waals surface area contributed by atoms with E-state index in [4.69, 9.17) is 4.74 Å². The molecular formula is C17H15BrO. The first-order valence-corrected chi connectivity index (χ1v) is 7.24. The molecule has 3 rings (SSSR count). The monoisotopic (exact) mass is 314 g/mol. The molecule has 1 aliphatic heterocycles. The fraction of sp³-hybridized carbons (Fsp3) is 0.176. The molecule has 2 heteroatoms. The average Bonchev–Trinajstić information content (AvgIpc) is 2.49. The molecule has 0 fully saturated rings. The molecule has 0 radical (unpaired) electrons. The first kappa shape index (κ1) is 12.6. The minimum atomic E-state index is 0.160. The van der Waals surface area contributed by atoms with Crippen LogP contribution in [0.2, 0.25) is 0 Å². The smallest absolute Gasteiger partial charge is 0.0869 e. The lowest BCUT2D eigenvalue weighted by atomic mass is 9.94. The number of benzene rings is 2. The highest BCUT2D eigenvalue weighted by Gasteiger charge is 2.18. The van der Waals surface area contributed by atoms with Crippen LogP contribution >= 0.6 is 15.9 Å². The minimum absolute atomic E-state index is 0.160. The Labute approximate surface area is 122 Å². The van der Waals surface area contributed by atoms with Gasteiger partial charge in [-0.2, -0.15) is 0 Å². The van der Waals surface area contributed by atoms with Crippen LogP contribution in [-0.2, 0) is 4.74 Å². The summed E-state index contributed by atoms with van der Waals surface area (Å²) >= 11 is 3.47.